The lowest BCUT2D eigenvalue weighted by Crippen LogP contribution is -2.53. The fourth-order valence-electron chi connectivity index (χ4n) is 3.49. The van der Waals surface area contributed by atoms with Crippen LogP contribution in [0.4, 0.5) is 11.8 Å². The van der Waals surface area contributed by atoms with E-state index in [2.05, 4.69) is 20.0 Å². The van der Waals surface area contributed by atoms with Gasteiger partial charge < -0.3 is 15.4 Å². The molecular formula is C15H20N6O. The van der Waals surface area contributed by atoms with E-state index in [1.807, 2.05) is 18.3 Å². The van der Waals surface area contributed by atoms with Crippen molar-refractivity contribution in [1.29, 1.82) is 0 Å². The molecule has 2 aliphatic rings. The Kier molecular flexibility index (Phi) is 3.42. The van der Waals surface area contributed by atoms with Gasteiger partial charge in [-0.3, -0.25) is 0 Å². The number of nitrogens with two attached hydrogens (primary N) is 1. The highest BCUT2D eigenvalue weighted by Crippen LogP contribution is 2.31. The molecule has 22 heavy (non-hydrogen) atoms. The Balaban J connectivity index is 1.69. The lowest BCUT2D eigenvalue weighted by atomic mass is 9.90. The predicted molar refractivity (Wildman–Crippen MR) is 82.9 cm³/mol. The summed E-state index contributed by atoms with van der Waals surface area (Å²) in [7, 11) is 0. The molecule has 0 amide bonds. The maximum Gasteiger partial charge on any atom is 0.224 e. The van der Waals surface area contributed by atoms with E-state index in [-0.39, 0.29) is 5.95 Å². The monoisotopic (exact) mass is 300 g/mol. The van der Waals surface area contributed by atoms with Crippen LogP contribution in [-0.4, -0.2) is 45.0 Å². The fraction of sp³-hybridized carbons (Fsp3) is 0.533. The molecular weight excluding hydrogens is 280 g/mol. The second kappa shape index (κ2) is 5.57. The van der Waals surface area contributed by atoms with Crippen molar-refractivity contribution < 1.29 is 4.74 Å². The normalized spacial score (nSPS) is 25.0. The van der Waals surface area contributed by atoms with Gasteiger partial charge >= 0.3 is 0 Å². The average molecular weight is 300 g/mol. The quantitative estimate of drug-likeness (QED) is 0.902. The Morgan fingerprint density at radius 2 is 2.05 bits per heavy atom. The van der Waals surface area contributed by atoms with Crippen molar-refractivity contribution in [3.63, 3.8) is 0 Å². The van der Waals surface area contributed by atoms with Gasteiger partial charge in [0.05, 0.1) is 18.8 Å². The number of aromatic nitrogens is 4. The highest BCUT2D eigenvalue weighted by molar-refractivity contribution is 5.49. The van der Waals surface area contributed by atoms with Gasteiger partial charge in [0.25, 0.3) is 0 Å². The van der Waals surface area contributed by atoms with Crippen LogP contribution in [0.15, 0.2) is 24.5 Å². The predicted octanol–water partition coefficient (Wildman–Crippen LogP) is 1.39. The zero-order chi connectivity index (χ0) is 14.9. The number of nitrogens with zero attached hydrogens (tertiary/aromatic N) is 5. The van der Waals surface area contributed by atoms with Crippen LogP contribution in [-0.2, 0) is 4.74 Å². The Morgan fingerprint density at radius 1 is 1.18 bits per heavy atom. The lowest BCUT2D eigenvalue weighted by Gasteiger charge is -2.44. The summed E-state index contributed by atoms with van der Waals surface area (Å²) in [5.74, 6) is 1.85. The summed E-state index contributed by atoms with van der Waals surface area (Å²) >= 11 is 0. The first-order valence-electron chi connectivity index (χ1n) is 7.84. The molecule has 0 unspecified atom stereocenters. The van der Waals surface area contributed by atoms with Gasteiger partial charge in [0, 0.05) is 25.0 Å². The highest BCUT2D eigenvalue weighted by Gasteiger charge is 2.35. The van der Waals surface area contributed by atoms with Crippen LogP contribution in [0.3, 0.4) is 0 Å². The van der Waals surface area contributed by atoms with Crippen LogP contribution < -0.4 is 10.6 Å². The molecule has 116 valence electrons. The van der Waals surface area contributed by atoms with Crippen molar-refractivity contribution in [3.8, 4) is 5.82 Å². The molecule has 1 saturated heterocycles. The molecule has 1 aliphatic heterocycles. The molecule has 2 fully saturated rings. The second-order valence-corrected chi connectivity index (χ2v) is 5.85. The van der Waals surface area contributed by atoms with Gasteiger partial charge in [0.2, 0.25) is 5.95 Å². The first kappa shape index (κ1) is 13.5. The molecule has 0 aromatic carbocycles. The zero-order valence-electron chi connectivity index (χ0n) is 12.4. The van der Waals surface area contributed by atoms with Crippen molar-refractivity contribution in [2.45, 2.75) is 37.8 Å². The van der Waals surface area contributed by atoms with Crippen LogP contribution in [0.1, 0.15) is 25.7 Å². The third kappa shape index (κ3) is 2.41. The largest absolute Gasteiger partial charge is 0.374 e. The minimum atomic E-state index is 0.279. The molecule has 1 aliphatic carbocycles. The van der Waals surface area contributed by atoms with E-state index >= 15 is 0 Å². The van der Waals surface area contributed by atoms with E-state index in [0.717, 1.165) is 31.8 Å². The molecule has 7 heteroatoms. The van der Waals surface area contributed by atoms with E-state index in [9.17, 15) is 0 Å². The third-order valence-electron chi connectivity index (χ3n) is 4.48. The van der Waals surface area contributed by atoms with Gasteiger partial charge in [0.15, 0.2) is 5.82 Å². The van der Waals surface area contributed by atoms with Gasteiger partial charge in [-0.1, -0.05) is 12.8 Å². The minimum absolute atomic E-state index is 0.279. The minimum Gasteiger partial charge on any atom is -0.374 e. The summed E-state index contributed by atoms with van der Waals surface area (Å²) < 4.78 is 7.64. The highest BCUT2D eigenvalue weighted by atomic mass is 16.5. The molecule has 3 heterocycles. The van der Waals surface area contributed by atoms with Gasteiger partial charge in [0.1, 0.15) is 5.82 Å². The van der Waals surface area contributed by atoms with Crippen molar-refractivity contribution in [3.05, 3.63) is 24.5 Å². The molecule has 2 aromatic heterocycles. The molecule has 2 aromatic rings. The summed E-state index contributed by atoms with van der Waals surface area (Å²) in [6.07, 6.45) is 8.66. The van der Waals surface area contributed by atoms with Crippen LogP contribution in [0, 0.1) is 0 Å². The third-order valence-corrected chi connectivity index (χ3v) is 4.48. The number of hydrogen-bond acceptors (Lipinski definition) is 6. The average Bonchev–Trinajstić information content (AvgIpc) is 3.08. The van der Waals surface area contributed by atoms with E-state index in [4.69, 9.17) is 10.5 Å². The van der Waals surface area contributed by atoms with Gasteiger partial charge in [-0.15, -0.1) is 0 Å². The Labute approximate surface area is 129 Å². The molecule has 2 N–H and O–H groups in total. The number of nitrogen functional groups attached to an aromatic ring is 1. The maximum atomic E-state index is 5.93. The van der Waals surface area contributed by atoms with E-state index in [0.29, 0.717) is 18.0 Å². The summed E-state index contributed by atoms with van der Waals surface area (Å²) in [6, 6.07) is 4.21. The smallest absolute Gasteiger partial charge is 0.224 e. The van der Waals surface area contributed by atoms with Gasteiger partial charge in [-0.05, 0) is 18.9 Å². The molecule has 7 nitrogen and oxygen atoms in total. The van der Waals surface area contributed by atoms with Crippen LogP contribution >= 0.6 is 0 Å². The Bertz CT molecular complexity index is 641. The van der Waals surface area contributed by atoms with Gasteiger partial charge in [-0.2, -0.15) is 15.1 Å². The topological polar surface area (TPSA) is 82.1 Å². The van der Waals surface area contributed by atoms with Gasteiger partial charge in [-0.25, -0.2) is 4.68 Å². The number of hydrogen-bond donors (Lipinski definition) is 1. The van der Waals surface area contributed by atoms with Crippen LogP contribution in [0.5, 0.6) is 0 Å². The van der Waals surface area contributed by atoms with E-state index < -0.39 is 0 Å². The van der Waals surface area contributed by atoms with Crippen LogP contribution in [0.2, 0.25) is 0 Å². The van der Waals surface area contributed by atoms with Crippen LogP contribution in [0.25, 0.3) is 5.82 Å². The first-order chi connectivity index (χ1) is 10.8. The summed E-state index contributed by atoms with van der Waals surface area (Å²) in [5, 5.41) is 4.22. The number of ether oxygens (including phenoxy) is 1. The Morgan fingerprint density at radius 3 is 2.91 bits per heavy atom. The molecule has 1 saturated carbocycles. The second-order valence-electron chi connectivity index (χ2n) is 5.85. The van der Waals surface area contributed by atoms with Crippen molar-refractivity contribution in [2.75, 3.05) is 23.8 Å². The molecule has 0 radical (unpaired) electrons. The fourth-order valence-corrected chi connectivity index (χ4v) is 3.49. The first-order valence-corrected chi connectivity index (χ1v) is 7.84. The van der Waals surface area contributed by atoms with E-state index in [1.165, 1.54) is 12.8 Å². The van der Waals surface area contributed by atoms with Crippen molar-refractivity contribution in [1.82, 2.24) is 19.7 Å². The summed E-state index contributed by atoms with van der Waals surface area (Å²) in [4.78, 5) is 11.1. The molecule has 2 atom stereocenters. The Hall–Kier alpha value is -2.15. The lowest BCUT2D eigenvalue weighted by molar-refractivity contribution is -0.00898. The van der Waals surface area contributed by atoms with Crippen molar-refractivity contribution in [2.24, 2.45) is 0 Å². The number of anilines is 2. The maximum absolute atomic E-state index is 5.93. The number of rotatable bonds is 2. The molecule has 0 bridgehead atoms. The standard InChI is InChI=1S/C15H20N6O/c16-15-18-13(10-14(19-15)21-7-3-6-17-21)20-8-9-22-12-5-2-1-4-11(12)20/h3,6-7,10-12H,1-2,4-5,8-9H2,(H2,16,18,19)/t11-,12-/m1/s1. The van der Waals surface area contributed by atoms with Crippen molar-refractivity contribution >= 4 is 11.8 Å². The number of morpholine rings is 1. The molecule has 0 spiro atoms. The summed E-state index contributed by atoms with van der Waals surface area (Å²) in [5.41, 5.74) is 5.92. The number of fused-ring (bicyclic) bond motifs is 1. The zero-order valence-corrected chi connectivity index (χ0v) is 12.4. The summed E-state index contributed by atoms with van der Waals surface area (Å²) in [6.45, 7) is 1.58. The SMILES string of the molecule is Nc1nc(N2CCO[C@@H]3CCCC[C@H]32)cc(-n2cccn2)n1. The van der Waals surface area contributed by atoms with E-state index in [1.54, 1.807) is 10.9 Å². The molecule has 4 rings (SSSR count).